The molecule has 0 aromatic heterocycles. The molecule has 14 heavy (non-hydrogen) atoms. The maximum absolute atomic E-state index is 12.2. The van der Waals surface area contributed by atoms with E-state index in [1.54, 1.807) is 0 Å². The predicted molar refractivity (Wildman–Crippen MR) is 55.8 cm³/mol. The van der Waals surface area contributed by atoms with Gasteiger partial charge in [-0.3, -0.25) is 4.79 Å². The van der Waals surface area contributed by atoms with Crippen LogP contribution in [0.25, 0.3) is 0 Å². The molecule has 0 radical (unpaired) electrons. The lowest BCUT2D eigenvalue weighted by molar-refractivity contribution is -0.143. The smallest absolute Gasteiger partial charge is 0.243 e. The summed E-state index contributed by atoms with van der Waals surface area (Å²) in [6.45, 7) is 5.17. The summed E-state index contributed by atoms with van der Waals surface area (Å²) in [6.07, 6.45) is 5.08. The van der Waals surface area contributed by atoms with Gasteiger partial charge in [-0.15, -0.1) is 0 Å². The Morgan fingerprint density at radius 3 is 2.21 bits per heavy atom. The van der Waals surface area contributed by atoms with Crippen LogP contribution in [-0.2, 0) is 4.79 Å². The number of nitrogens with zero attached hydrogens (tertiary/aromatic N) is 1. The van der Waals surface area contributed by atoms with E-state index < -0.39 is 5.54 Å². The number of hydrogen-bond acceptors (Lipinski definition) is 2. The van der Waals surface area contributed by atoms with Crippen LogP contribution in [0.1, 0.15) is 46.0 Å². The standard InChI is InChI=1S/C11H20N2O/c1-10(2)5-4-8-13(10)9(14)11(12)6-3-7-11/h3-8,12H2,1-2H3. The van der Waals surface area contributed by atoms with Gasteiger partial charge in [-0.05, 0) is 46.0 Å². The second-order valence-corrected chi connectivity index (χ2v) is 5.38. The lowest BCUT2D eigenvalue weighted by Crippen LogP contribution is -2.62. The molecular weight excluding hydrogens is 176 g/mol. The molecule has 1 aliphatic carbocycles. The van der Waals surface area contributed by atoms with Crippen molar-refractivity contribution in [2.75, 3.05) is 6.54 Å². The fourth-order valence-electron chi connectivity index (χ4n) is 2.52. The summed E-state index contributed by atoms with van der Waals surface area (Å²) in [5, 5.41) is 0. The van der Waals surface area contributed by atoms with Gasteiger partial charge in [-0.2, -0.15) is 0 Å². The number of carbonyl (C=O) groups excluding carboxylic acids is 1. The van der Waals surface area contributed by atoms with Crippen LogP contribution in [0, 0.1) is 0 Å². The first-order chi connectivity index (χ1) is 6.46. The van der Waals surface area contributed by atoms with Crippen molar-refractivity contribution in [2.45, 2.75) is 57.0 Å². The van der Waals surface area contributed by atoms with E-state index in [0.717, 1.165) is 38.6 Å². The highest BCUT2D eigenvalue weighted by Gasteiger charge is 2.47. The first-order valence-corrected chi connectivity index (χ1v) is 5.57. The Bertz CT molecular complexity index is 256. The van der Waals surface area contributed by atoms with Gasteiger partial charge in [-0.1, -0.05) is 0 Å². The second kappa shape index (κ2) is 2.96. The molecule has 1 aliphatic heterocycles. The Morgan fingerprint density at radius 1 is 1.21 bits per heavy atom. The minimum atomic E-state index is -0.512. The minimum absolute atomic E-state index is 0.0268. The lowest BCUT2D eigenvalue weighted by atomic mass is 9.76. The molecule has 80 valence electrons. The highest BCUT2D eigenvalue weighted by Crippen LogP contribution is 2.36. The third-order valence-corrected chi connectivity index (χ3v) is 3.82. The summed E-state index contributed by atoms with van der Waals surface area (Å²) < 4.78 is 0. The highest BCUT2D eigenvalue weighted by molar-refractivity contribution is 5.88. The van der Waals surface area contributed by atoms with Gasteiger partial charge >= 0.3 is 0 Å². The molecule has 2 aliphatic rings. The molecule has 2 fully saturated rings. The molecule has 2 rings (SSSR count). The largest absolute Gasteiger partial charge is 0.336 e. The predicted octanol–water partition coefficient (Wildman–Crippen LogP) is 1.27. The van der Waals surface area contributed by atoms with Gasteiger partial charge in [0, 0.05) is 12.1 Å². The number of hydrogen-bond donors (Lipinski definition) is 1. The Kier molecular flexibility index (Phi) is 2.11. The summed E-state index contributed by atoms with van der Waals surface area (Å²) in [5.41, 5.74) is 5.57. The van der Waals surface area contributed by atoms with Crippen LogP contribution < -0.4 is 5.73 Å². The molecule has 2 N–H and O–H groups in total. The summed E-state index contributed by atoms with van der Waals surface area (Å²) in [7, 11) is 0. The van der Waals surface area contributed by atoms with Crippen LogP contribution in [0.2, 0.25) is 0 Å². The van der Waals surface area contributed by atoms with Crippen LogP contribution >= 0.6 is 0 Å². The molecule has 1 amide bonds. The number of rotatable bonds is 1. The molecule has 3 nitrogen and oxygen atoms in total. The monoisotopic (exact) mass is 196 g/mol. The van der Waals surface area contributed by atoms with E-state index in [1.165, 1.54) is 0 Å². The SMILES string of the molecule is CC1(C)CCCN1C(=O)C1(N)CCC1. The molecule has 0 aromatic carbocycles. The average molecular weight is 196 g/mol. The Hall–Kier alpha value is -0.570. The van der Waals surface area contributed by atoms with Gasteiger partial charge in [0.15, 0.2) is 0 Å². The zero-order valence-corrected chi connectivity index (χ0v) is 9.18. The highest BCUT2D eigenvalue weighted by atomic mass is 16.2. The summed E-state index contributed by atoms with van der Waals surface area (Å²) >= 11 is 0. The fraction of sp³-hybridized carbons (Fsp3) is 0.909. The number of nitrogens with two attached hydrogens (primary N) is 1. The van der Waals surface area contributed by atoms with Crippen LogP contribution in [0.3, 0.4) is 0 Å². The lowest BCUT2D eigenvalue weighted by Gasteiger charge is -2.43. The molecule has 0 unspecified atom stereocenters. The van der Waals surface area contributed by atoms with Crippen molar-refractivity contribution in [3.05, 3.63) is 0 Å². The van der Waals surface area contributed by atoms with Crippen LogP contribution in [0.5, 0.6) is 0 Å². The maximum atomic E-state index is 12.2. The van der Waals surface area contributed by atoms with E-state index in [9.17, 15) is 4.79 Å². The molecular formula is C11H20N2O. The van der Waals surface area contributed by atoms with Crippen LogP contribution in [-0.4, -0.2) is 28.4 Å². The van der Waals surface area contributed by atoms with E-state index in [0.29, 0.717) is 0 Å². The quantitative estimate of drug-likeness (QED) is 0.686. The summed E-state index contributed by atoms with van der Waals surface area (Å²) in [4.78, 5) is 14.2. The van der Waals surface area contributed by atoms with Crippen LogP contribution in [0.15, 0.2) is 0 Å². The molecule has 0 atom stereocenters. The van der Waals surface area contributed by atoms with Crippen molar-refractivity contribution in [3.63, 3.8) is 0 Å². The van der Waals surface area contributed by atoms with Crippen molar-refractivity contribution in [2.24, 2.45) is 5.73 Å². The van der Waals surface area contributed by atoms with Crippen LogP contribution in [0.4, 0.5) is 0 Å². The second-order valence-electron chi connectivity index (χ2n) is 5.38. The van der Waals surface area contributed by atoms with E-state index in [2.05, 4.69) is 13.8 Å². The molecule has 0 spiro atoms. The zero-order chi connectivity index (χ0) is 10.4. The van der Waals surface area contributed by atoms with E-state index in [1.807, 2.05) is 4.90 Å². The molecule has 1 heterocycles. The summed E-state index contributed by atoms with van der Waals surface area (Å²) in [5.74, 6) is 0.186. The summed E-state index contributed by atoms with van der Waals surface area (Å²) in [6, 6.07) is 0. The third kappa shape index (κ3) is 1.34. The molecule has 3 heteroatoms. The number of carbonyl (C=O) groups is 1. The Labute approximate surface area is 85.6 Å². The van der Waals surface area contributed by atoms with Crippen molar-refractivity contribution in [1.29, 1.82) is 0 Å². The van der Waals surface area contributed by atoms with Crippen molar-refractivity contribution in [3.8, 4) is 0 Å². The molecule has 0 aromatic rings. The number of amides is 1. The molecule has 1 saturated carbocycles. The van der Waals surface area contributed by atoms with Gasteiger partial charge in [0.25, 0.3) is 0 Å². The Balaban J connectivity index is 2.11. The van der Waals surface area contributed by atoms with E-state index >= 15 is 0 Å². The molecule has 0 bridgehead atoms. The Morgan fingerprint density at radius 2 is 1.86 bits per heavy atom. The topological polar surface area (TPSA) is 46.3 Å². The van der Waals surface area contributed by atoms with Gasteiger partial charge < -0.3 is 10.6 Å². The first kappa shape index (κ1) is 9.97. The van der Waals surface area contributed by atoms with E-state index in [4.69, 9.17) is 5.73 Å². The van der Waals surface area contributed by atoms with E-state index in [-0.39, 0.29) is 11.4 Å². The normalized spacial score (nSPS) is 28.6. The van der Waals surface area contributed by atoms with Gasteiger partial charge in [0.1, 0.15) is 0 Å². The van der Waals surface area contributed by atoms with Gasteiger partial charge in [0.2, 0.25) is 5.91 Å². The maximum Gasteiger partial charge on any atom is 0.243 e. The average Bonchev–Trinajstić information content (AvgIpc) is 2.39. The zero-order valence-electron chi connectivity index (χ0n) is 9.18. The van der Waals surface area contributed by atoms with Gasteiger partial charge in [0.05, 0.1) is 5.54 Å². The van der Waals surface area contributed by atoms with Crippen molar-refractivity contribution >= 4 is 5.91 Å². The third-order valence-electron chi connectivity index (χ3n) is 3.82. The fourth-order valence-corrected chi connectivity index (χ4v) is 2.52. The minimum Gasteiger partial charge on any atom is -0.336 e. The molecule has 1 saturated heterocycles. The number of likely N-dealkylation sites (tertiary alicyclic amines) is 1. The first-order valence-electron chi connectivity index (χ1n) is 5.57. The van der Waals surface area contributed by atoms with Gasteiger partial charge in [-0.25, -0.2) is 0 Å². The van der Waals surface area contributed by atoms with Crippen molar-refractivity contribution < 1.29 is 4.79 Å². The van der Waals surface area contributed by atoms with Crippen molar-refractivity contribution in [1.82, 2.24) is 4.90 Å².